The molecule has 3 heterocycles. The van der Waals surface area contributed by atoms with Crippen LogP contribution in [0.15, 0.2) is 83.8 Å². The molecular weight excluding hydrogens is 633 g/mol. The van der Waals surface area contributed by atoms with Gasteiger partial charge in [-0.1, -0.05) is 69.2 Å². The Balaban J connectivity index is 1.27. The summed E-state index contributed by atoms with van der Waals surface area (Å²) in [6, 6.07) is 25.0. The molecule has 5 aromatic rings. The number of benzene rings is 3. The maximum Gasteiger partial charge on any atom is 0.256 e. The summed E-state index contributed by atoms with van der Waals surface area (Å²) in [6.45, 7) is 7.73. The van der Waals surface area contributed by atoms with Crippen LogP contribution in [0.1, 0.15) is 65.9 Å². The Labute approximate surface area is 280 Å². The molecular formula is C36H40N4O3S3. The molecule has 0 saturated heterocycles. The van der Waals surface area contributed by atoms with Crippen molar-refractivity contribution in [2.45, 2.75) is 63.9 Å². The fourth-order valence-electron chi connectivity index (χ4n) is 5.85. The third-order valence-corrected chi connectivity index (χ3v) is 12.5. The van der Waals surface area contributed by atoms with Crippen LogP contribution in [-0.4, -0.2) is 48.1 Å². The van der Waals surface area contributed by atoms with Gasteiger partial charge in [-0.05, 0) is 66.8 Å². The molecule has 7 nitrogen and oxygen atoms in total. The number of carbonyl (C=O) groups is 1. The predicted molar refractivity (Wildman–Crippen MR) is 190 cm³/mol. The summed E-state index contributed by atoms with van der Waals surface area (Å²) in [5.74, 6) is -0.264. The van der Waals surface area contributed by atoms with Crippen LogP contribution in [0.3, 0.4) is 0 Å². The van der Waals surface area contributed by atoms with E-state index in [1.165, 1.54) is 16.0 Å². The van der Waals surface area contributed by atoms with E-state index in [4.69, 9.17) is 4.98 Å². The summed E-state index contributed by atoms with van der Waals surface area (Å²) in [7, 11) is -3.64. The molecule has 1 N–H and O–H groups in total. The zero-order chi connectivity index (χ0) is 32.1. The highest BCUT2D eigenvalue weighted by Gasteiger charge is 2.29. The van der Waals surface area contributed by atoms with Crippen molar-refractivity contribution in [3.8, 4) is 10.6 Å². The number of thiophene rings is 1. The number of carbonyl (C=O) groups excluding carboxylic acids is 1. The van der Waals surface area contributed by atoms with Crippen LogP contribution >= 0.6 is 22.7 Å². The summed E-state index contributed by atoms with van der Waals surface area (Å²) in [6.07, 6.45) is 4.35. The van der Waals surface area contributed by atoms with Crippen molar-refractivity contribution in [3.63, 3.8) is 0 Å². The molecule has 0 bridgehead atoms. The molecule has 0 fully saturated rings. The number of para-hydroxylation sites is 1. The van der Waals surface area contributed by atoms with Crippen LogP contribution in [0, 0.1) is 0 Å². The van der Waals surface area contributed by atoms with Crippen LogP contribution in [0.5, 0.6) is 0 Å². The third-order valence-electron chi connectivity index (χ3n) is 8.40. The van der Waals surface area contributed by atoms with E-state index in [0.29, 0.717) is 18.7 Å². The van der Waals surface area contributed by atoms with Crippen molar-refractivity contribution in [1.29, 1.82) is 0 Å². The molecule has 10 heteroatoms. The molecule has 0 unspecified atom stereocenters. The van der Waals surface area contributed by atoms with Crippen molar-refractivity contribution in [1.82, 2.24) is 14.2 Å². The number of rotatable bonds is 13. The lowest BCUT2D eigenvalue weighted by atomic mass is 10.0. The lowest BCUT2D eigenvalue weighted by molar-refractivity contribution is 0.102. The average Bonchev–Trinajstić information content (AvgIpc) is 3.65. The third kappa shape index (κ3) is 7.11. The second-order valence-electron chi connectivity index (χ2n) is 11.7. The van der Waals surface area contributed by atoms with Crippen molar-refractivity contribution in [2.24, 2.45) is 0 Å². The van der Waals surface area contributed by atoms with Gasteiger partial charge in [-0.15, -0.1) is 22.7 Å². The topological polar surface area (TPSA) is 82.6 Å². The van der Waals surface area contributed by atoms with E-state index in [0.717, 1.165) is 77.5 Å². The number of unbranched alkanes of at least 4 members (excludes halogenated alkanes) is 2. The van der Waals surface area contributed by atoms with Gasteiger partial charge in [-0.2, -0.15) is 4.31 Å². The van der Waals surface area contributed by atoms with Crippen LogP contribution in [-0.2, 0) is 29.5 Å². The maximum absolute atomic E-state index is 13.7. The van der Waals surface area contributed by atoms with Gasteiger partial charge in [0.1, 0.15) is 10.0 Å². The molecule has 3 aromatic carbocycles. The van der Waals surface area contributed by atoms with Crippen molar-refractivity contribution in [3.05, 3.63) is 100 Å². The highest BCUT2D eigenvalue weighted by molar-refractivity contribution is 7.89. The molecule has 2 aromatic heterocycles. The average molecular weight is 673 g/mol. The number of thiazole rings is 1. The summed E-state index contributed by atoms with van der Waals surface area (Å²) < 4.78 is 29.6. The second-order valence-corrected chi connectivity index (χ2v) is 15.8. The number of anilines is 1. The van der Waals surface area contributed by atoms with E-state index >= 15 is 0 Å². The standard InChI is InChI=1S/C36H40N4O3S3/c1-3-5-21-40(22-6-4-2)46(42,43)28-18-16-27(17-19-28)34(41)38-36-33(35-37-30-14-10-11-15-31(30)44-35)29-20-23-39(25-32(29)45-36)24-26-12-8-7-9-13-26/h7-19H,3-6,20-25H2,1-2H3,(H,38,41). The summed E-state index contributed by atoms with van der Waals surface area (Å²) in [5.41, 5.74) is 4.91. The minimum Gasteiger partial charge on any atom is -0.313 e. The van der Waals surface area contributed by atoms with Gasteiger partial charge in [0.15, 0.2) is 0 Å². The number of fused-ring (bicyclic) bond motifs is 2. The lowest BCUT2D eigenvalue weighted by Crippen LogP contribution is -2.33. The molecule has 1 aliphatic heterocycles. The number of nitrogens with zero attached hydrogens (tertiary/aromatic N) is 3. The normalized spacial score (nSPS) is 13.7. The van der Waals surface area contributed by atoms with Gasteiger partial charge >= 0.3 is 0 Å². The number of aromatic nitrogens is 1. The van der Waals surface area contributed by atoms with Crippen LogP contribution < -0.4 is 5.32 Å². The van der Waals surface area contributed by atoms with Crippen molar-refractivity contribution >= 4 is 53.8 Å². The highest BCUT2D eigenvalue weighted by Crippen LogP contribution is 2.46. The Morgan fingerprint density at radius 3 is 2.30 bits per heavy atom. The number of hydrogen-bond donors (Lipinski definition) is 1. The molecule has 0 spiro atoms. The number of nitrogens with one attached hydrogen (secondary N) is 1. The Morgan fingerprint density at radius 1 is 0.913 bits per heavy atom. The van der Waals surface area contributed by atoms with Crippen molar-refractivity contribution in [2.75, 3.05) is 25.0 Å². The SMILES string of the molecule is CCCCN(CCCC)S(=O)(=O)c1ccc(C(=O)Nc2sc3c(c2-c2nc4ccccc4s2)CCN(Cc2ccccc2)C3)cc1. The fraction of sp³-hybridized carbons (Fsp3) is 0.333. The van der Waals surface area contributed by atoms with Gasteiger partial charge in [0.05, 0.1) is 15.1 Å². The van der Waals surface area contributed by atoms with E-state index in [1.54, 1.807) is 51.2 Å². The summed E-state index contributed by atoms with van der Waals surface area (Å²) >= 11 is 3.27. The molecule has 0 saturated carbocycles. The molecule has 240 valence electrons. The van der Waals surface area contributed by atoms with Crippen LogP contribution in [0.4, 0.5) is 5.00 Å². The van der Waals surface area contributed by atoms with Gasteiger partial charge in [0, 0.05) is 48.7 Å². The molecule has 0 aliphatic carbocycles. The van der Waals surface area contributed by atoms with E-state index in [1.807, 2.05) is 24.3 Å². The Kier molecular flexibility index (Phi) is 10.3. The molecule has 0 radical (unpaired) electrons. The zero-order valence-corrected chi connectivity index (χ0v) is 28.8. The molecule has 46 heavy (non-hydrogen) atoms. The first-order valence-corrected chi connectivity index (χ1v) is 19.1. The van der Waals surface area contributed by atoms with Gasteiger partial charge in [-0.25, -0.2) is 13.4 Å². The highest BCUT2D eigenvalue weighted by atomic mass is 32.2. The quantitative estimate of drug-likeness (QED) is 0.136. The number of amides is 1. The van der Waals surface area contributed by atoms with Gasteiger partial charge in [0.2, 0.25) is 10.0 Å². The first kappa shape index (κ1) is 32.5. The van der Waals surface area contributed by atoms with Gasteiger partial charge < -0.3 is 5.32 Å². The molecule has 6 rings (SSSR count). The van der Waals surface area contributed by atoms with E-state index < -0.39 is 10.0 Å². The predicted octanol–water partition coefficient (Wildman–Crippen LogP) is 8.43. The Morgan fingerprint density at radius 2 is 1.61 bits per heavy atom. The monoisotopic (exact) mass is 672 g/mol. The molecule has 0 atom stereocenters. The number of sulfonamides is 1. The minimum atomic E-state index is -3.64. The zero-order valence-electron chi connectivity index (χ0n) is 26.4. The van der Waals surface area contributed by atoms with Crippen molar-refractivity contribution < 1.29 is 13.2 Å². The Bertz CT molecular complexity index is 1860. The summed E-state index contributed by atoms with van der Waals surface area (Å²) in [4.78, 5) is 22.6. The van der Waals surface area contributed by atoms with E-state index in [-0.39, 0.29) is 10.8 Å². The van der Waals surface area contributed by atoms with Gasteiger partial charge in [0.25, 0.3) is 5.91 Å². The van der Waals surface area contributed by atoms with Crippen LogP contribution in [0.25, 0.3) is 20.8 Å². The molecule has 1 aliphatic rings. The number of hydrogen-bond acceptors (Lipinski definition) is 7. The maximum atomic E-state index is 13.7. The Hall–Kier alpha value is -3.41. The molecule has 1 amide bonds. The van der Waals surface area contributed by atoms with Crippen LogP contribution in [0.2, 0.25) is 0 Å². The smallest absolute Gasteiger partial charge is 0.256 e. The second kappa shape index (κ2) is 14.6. The first-order valence-electron chi connectivity index (χ1n) is 16.1. The van der Waals surface area contributed by atoms with Gasteiger partial charge in [-0.3, -0.25) is 9.69 Å². The minimum absolute atomic E-state index is 0.219. The largest absolute Gasteiger partial charge is 0.313 e. The first-order chi connectivity index (χ1) is 22.4. The van der Waals surface area contributed by atoms with E-state index in [9.17, 15) is 13.2 Å². The van der Waals surface area contributed by atoms with E-state index in [2.05, 4.69) is 54.4 Å². The lowest BCUT2D eigenvalue weighted by Gasteiger charge is -2.27. The summed E-state index contributed by atoms with van der Waals surface area (Å²) in [5, 5.41) is 4.89. The fourth-order valence-corrected chi connectivity index (χ4v) is 9.76.